The van der Waals surface area contributed by atoms with E-state index in [1.807, 2.05) is 0 Å². The number of hydrogen-bond acceptors (Lipinski definition) is 0. The maximum atomic E-state index is 2.55. The Balaban J connectivity index is 1.68. The zero-order chi connectivity index (χ0) is 10.1. The fourth-order valence-electron chi connectivity index (χ4n) is 3.46. The van der Waals surface area contributed by atoms with Gasteiger partial charge in [0.15, 0.2) is 0 Å². The predicted molar refractivity (Wildman–Crippen MR) is 64.6 cm³/mol. The Morgan fingerprint density at radius 2 is 1.73 bits per heavy atom. The van der Waals surface area contributed by atoms with Gasteiger partial charge < -0.3 is 0 Å². The van der Waals surface area contributed by atoms with E-state index in [4.69, 9.17) is 0 Å². The van der Waals surface area contributed by atoms with Crippen molar-refractivity contribution in [3.05, 3.63) is 24.3 Å². The van der Waals surface area contributed by atoms with Crippen LogP contribution in [0.15, 0.2) is 24.3 Å². The van der Waals surface area contributed by atoms with Crippen LogP contribution in [-0.2, 0) is 0 Å². The first-order valence-electron chi connectivity index (χ1n) is 6.77. The quantitative estimate of drug-likeness (QED) is 0.513. The van der Waals surface area contributed by atoms with Crippen molar-refractivity contribution < 1.29 is 0 Å². The van der Waals surface area contributed by atoms with Gasteiger partial charge in [-0.1, -0.05) is 30.7 Å². The van der Waals surface area contributed by atoms with E-state index in [-0.39, 0.29) is 0 Å². The molecule has 0 amide bonds. The zero-order valence-corrected chi connectivity index (χ0v) is 9.57. The van der Waals surface area contributed by atoms with Gasteiger partial charge in [0.05, 0.1) is 0 Å². The summed E-state index contributed by atoms with van der Waals surface area (Å²) in [6.07, 6.45) is 20.0. The van der Waals surface area contributed by atoms with Crippen LogP contribution >= 0.6 is 0 Å². The summed E-state index contributed by atoms with van der Waals surface area (Å²) in [5.74, 6) is 3.86. The van der Waals surface area contributed by atoms with E-state index < -0.39 is 0 Å². The minimum Gasteiger partial charge on any atom is -0.0882 e. The highest BCUT2D eigenvalue weighted by atomic mass is 14.4. The van der Waals surface area contributed by atoms with Gasteiger partial charge in [-0.2, -0.15) is 0 Å². The summed E-state index contributed by atoms with van der Waals surface area (Å²) in [6, 6.07) is 0. The first-order chi connectivity index (χ1) is 7.43. The molecule has 0 aromatic carbocycles. The average molecular weight is 202 g/mol. The molecule has 0 bridgehead atoms. The molecule has 3 rings (SSSR count). The van der Waals surface area contributed by atoms with Crippen molar-refractivity contribution in [1.82, 2.24) is 0 Å². The van der Waals surface area contributed by atoms with Crippen molar-refractivity contribution in [2.45, 2.75) is 44.9 Å². The van der Waals surface area contributed by atoms with Crippen LogP contribution in [0, 0.1) is 23.7 Å². The van der Waals surface area contributed by atoms with Crippen molar-refractivity contribution in [2.24, 2.45) is 23.7 Å². The van der Waals surface area contributed by atoms with E-state index in [0.717, 1.165) is 23.7 Å². The van der Waals surface area contributed by atoms with Crippen LogP contribution in [0.25, 0.3) is 0 Å². The Morgan fingerprint density at radius 1 is 0.800 bits per heavy atom. The Kier molecular flexibility index (Phi) is 2.68. The van der Waals surface area contributed by atoms with Gasteiger partial charge in [0.1, 0.15) is 0 Å². The molecule has 0 spiro atoms. The lowest BCUT2D eigenvalue weighted by Crippen LogP contribution is -2.04. The average Bonchev–Trinajstić information content (AvgIpc) is 2.83. The highest BCUT2D eigenvalue weighted by molar-refractivity contribution is 5.07. The Labute approximate surface area is 93.5 Å². The van der Waals surface area contributed by atoms with E-state index in [9.17, 15) is 0 Å². The first-order valence-corrected chi connectivity index (χ1v) is 6.77. The van der Waals surface area contributed by atoms with E-state index in [0.29, 0.717) is 0 Å². The molecule has 2 fully saturated rings. The molecule has 0 radical (unpaired) electrons. The minimum atomic E-state index is 0.925. The molecule has 3 aliphatic carbocycles. The zero-order valence-electron chi connectivity index (χ0n) is 9.57. The standard InChI is InChI=1S/C15H22/c1-2-6-14-11-15(14)10-4-9-13-8-3-7-12(13)5-1/h2,4,6,9,12-15H,1,3,5,7-8,10-11H2/b6-2+,9-4+. The smallest absolute Gasteiger partial charge is 0.0199 e. The van der Waals surface area contributed by atoms with Crippen LogP contribution in [-0.4, -0.2) is 0 Å². The molecular formula is C15H22. The highest BCUT2D eigenvalue weighted by Gasteiger charge is 2.33. The molecule has 0 heterocycles. The fraction of sp³-hybridized carbons (Fsp3) is 0.733. The molecule has 0 nitrogen and oxygen atoms in total. The maximum absolute atomic E-state index is 2.55. The molecule has 82 valence electrons. The maximum Gasteiger partial charge on any atom is -0.0199 e. The second kappa shape index (κ2) is 4.15. The van der Waals surface area contributed by atoms with E-state index in [2.05, 4.69) is 24.3 Å². The molecule has 0 aromatic rings. The lowest BCUT2D eigenvalue weighted by molar-refractivity contribution is 0.429. The third-order valence-electron chi connectivity index (χ3n) is 4.60. The predicted octanol–water partition coefficient (Wildman–Crippen LogP) is 4.34. The number of rotatable bonds is 0. The summed E-state index contributed by atoms with van der Waals surface area (Å²) in [4.78, 5) is 0. The summed E-state index contributed by atoms with van der Waals surface area (Å²) in [5.41, 5.74) is 0. The van der Waals surface area contributed by atoms with E-state index in [1.54, 1.807) is 0 Å². The normalized spacial score (nSPS) is 48.5. The summed E-state index contributed by atoms with van der Waals surface area (Å²) in [6.45, 7) is 0. The molecule has 2 saturated carbocycles. The lowest BCUT2D eigenvalue weighted by Gasteiger charge is -2.14. The Hall–Kier alpha value is -0.520. The molecular weight excluding hydrogens is 180 g/mol. The number of hydrogen-bond donors (Lipinski definition) is 0. The molecule has 0 saturated heterocycles. The molecule has 0 N–H and O–H groups in total. The number of allylic oxidation sites excluding steroid dienone is 4. The monoisotopic (exact) mass is 202 g/mol. The van der Waals surface area contributed by atoms with Crippen LogP contribution in [0.2, 0.25) is 0 Å². The summed E-state index contributed by atoms with van der Waals surface area (Å²) < 4.78 is 0. The van der Waals surface area contributed by atoms with Gasteiger partial charge in [0.2, 0.25) is 0 Å². The van der Waals surface area contributed by atoms with Crippen molar-refractivity contribution in [2.75, 3.05) is 0 Å². The van der Waals surface area contributed by atoms with Crippen molar-refractivity contribution in [3.8, 4) is 0 Å². The lowest BCUT2D eigenvalue weighted by atomic mass is 9.91. The SMILES string of the molecule is C1=C/C2CC2C/C=C/C2CCCC2CC/1. The third kappa shape index (κ3) is 2.19. The third-order valence-corrected chi connectivity index (χ3v) is 4.60. The Morgan fingerprint density at radius 3 is 2.73 bits per heavy atom. The largest absolute Gasteiger partial charge is 0.0882 e. The number of fused-ring (bicyclic) bond motifs is 2. The van der Waals surface area contributed by atoms with Crippen LogP contribution in [0.3, 0.4) is 0 Å². The van der Waals surface area contributed by atoms with Gasteiger partial charge in [0.25, 0.3) is 0 Å². The van der Waals surface area contributed by atoms with Crippen molar-refractivity contribution in [1.29, 1.82) is 0 Å². The van der Waals surface area contributed by atoms with Gasteiger partial charge in [0, 0.05) is 0 Å². The van der Waals surface area contributed by atoms with Gasteiger partial charge in [-0.05, 0) is 62.2 Å². The molecule has 3 aliphatic rings. The van der Waals surface area contributed by atoms with Crippen LogP contribution in [0.5, 0.6) is 0 Å². The summed E-state index contributed by atoms with van der Waals surface area (Å²) in [5, 5.41) is 0. The second-order valence-electron chi connectivity index (χ2n) is 5.68. The first kappa shape index (κ1) is 9.69. The molecule has 4 unspecified atom stereocenters. The van der Waals surface area contributed by atoms with Crippen LogP contribution < -0.4 is 0 Å². The van der Waals surface area contributed by atoms with Crippen LogP contribution in [0.1, 0.15) is 44.9 Å². The molecule has 0 aromatic heterocycles. The summed E-state index contributed by atoms with van der Waals surface area (Å²) >= 11 is 0. The van der Waals surface area contributed by atoms with Crippen molar-refractivity contribution >= 4 is 0 Å². The highest BCUT2D eigenvalue weighted by Crippen LogP contribution is 2.44. The van der Waals surface area contributed by atoms with E-state index in [1.165, 1.54) is 44.9 Å². The van der Waals surface area contributed by atoms with E-state index >= 15 is 0 Å². The fourth-order valence-corrected chi connectivity index (χ4v) is 3.46. The van der Waals surface area contributed by atoms with Crippen LogP contribution in [0.4, 0.5) is 0 Å². The topological polar surface area (TPSA) is 0 Å². The molecule has 0 aliphatic heterocycles. The summed E-state index contributed by atoms with van der Waals surface area (Å²) in [7, 11) is 0. The van der Waals surface area contributed by atoms with Crippen molar-refractivity contribution in [3.63, 3.8) is 0 Å². The van der Waals surface area contributed by atoms with Gasteiger partial charge in [-0.3, -0.25) is 0 Å². The Bertz CT molecular complexity index is 274. The minimum absolute atomic E-state index is 0.925. The molecule has 4 atom stereocenters. The van der Waals surface area contributed by atoms with Gasteiger partial charge in [-0.25, -0.2) is 0 Å². The molecule has 0 heteroatoms. The van der Waals surface area contributed by atoms with Gasteiger partial charge >= 0.3 is 0 Å². The van der Waals surface area contributed by atoms with Gasteiger partial charge in [-0.15, -0.1) is 0 Å². The molecule has 15 heavy (non-hydrogen) atoms. The second-order valence-corrected chi connectivity index (χ2v) is 5.68.